The van der Waals surface area contributed by atoms with E-state index in [9.17, 15) is 0 Å². The van der Waals surface area contributed by atoms with Crippen molar-refractivity contribution < 1.29 is 0 Å². The standard InChI is InChI=1S/C13H11BrCl2S/c1-7-5-10(8(2)17-7)13(14)11-6-9(15)3-4-12(11)16/h3-6,13H,1-2H3. The van der Waals surface area contributed by atoms with Crippen molar-refractivity contribution in [1.29, 1.82) is 0 Å². The van der Waals surface area contributed by atoms with Gasteiger partial charge in [-0.05, 0) is 49.2 Å². The normalized spacial score (nSPS) is 12.8. The summed E-state index contributed by atoms with van der Waals surface area (Å²) in [5.74, 6) is 0. The van der Waals surface area contributed by atoms with Gasteiger partial charge in [0.05, 0.1) is 4.83 Å². The van der Waals surface area contributed by atoms with E-state index in [1.165, 1.54) is 15.3 Å². The van der Waals surface area contributed by atoms with E-state index in [4.69, 9.17) is 23.2 Å². The van der Waals surface area contributed by atoms with Gasteiger partial charge in [-0.2, -0.15) is 0 Å². The third-order valence-electron chi connectivity index (χ3n) is 2.58. The van der Waals surface area contributed by atoms with E-state index < -0.39 is 0 Å². The molecule has 0 fully saturated rings. The molecule has 1 aromatic heterocycles. The molecule has 0 amide bonds. The van der Waals surface area contributed by atoms with Crippen LogP contribution in [0.1, 0.15) is 25.7 Å². The maximum Gasteiger partial charge on any atom is 0.0670 e. The molecule has 1 atom stereocenters. The molecule has 0 saturated carbocycles. The van der Waals surface area contributed by atoms with Crippen molar-refractivity contribution in [3.05, 3.63) is 55.2 Å². The minimum atomic E-state index is 0.0960. The number of aryl methyl sites for hydroxylation is 2. The number of alkyl halides is 1. The smallest absolute Gasteiger partial charge is 0.0670 e. The monoisotopic (exact) mass is 348 g/mol. The predicted molar refractivity (Wildman–Crippen MR) is 81.0 cm³/mol. The van der Waals surface area contributed by atoms with Crippen LogP contribution >= 0.6 is 50.5 Å². The Morgan fingerprint density at radius 2 is 1.82 bits per heavy atom. The molecule has 0 aliphatic rings. The predicted octanol–water partition coefficient (Wildman–Crippen LogP) is 6.16. The van der Waals surface area contributed by atoms with Crippen LogP contribution < -0.4 is 0 Å². The van der Waals surface area contributed by atoms with Crippen LogP contribution in [0.5, 0.6) is 0 Å². The SMILES string of the molecule is Cc1cc(C(Br)c2cc(Cl)ccc2Cl)c(C)s1. The highest BCUT2D eigenvalue weighted by Crippen LogP contribution is 2.40. The molecular formula is C13H11BrCl2S. The Balaban J connectivity index is 2.46. The number of rotatable bonds is 2. The van der Waals surface area contributed by atoms with E-state index in [-0.39, 0.29) is 4.83 Å². The quantitative estimate of drug-likeness (QED) is 0.570. The van der Waals surface area contributed by atoms with Gasteiger partial charge in [-0.15, -0.1) is 11.3 Å². The Hall–Kier alpha value is -0.0200. The van der Waals surface area contributed by atoms with Crippen LogP contribution in [0.25, 0.3) is 0 Å². The Bertz CT molecular complexity index is 548. The maximum absolute atomic E-state index is 6.21. The highest BCUT2D eigenvalue weighted by molar-refractivity contribution is 9.09. The number of halogens is 3. The van der Waals surface area contributed by atoms with Gasteiger partial charge in [-0.1, -0.05) is 39.1 Å². The van der Waals surface area contributed by atoms with Gasteiger partial charge < -0.3 is 0 Å². The number of benzene rings is 1. The van der Waals surface area contributed by atoms with E-state index in [1.807, 2.05) is 12.1 Å². The van der Waals surface area contributed by atoms with E-state index >= 15 is 0 Å². The van der Waals surface area contributed by atoms with Crippen molar-refractivity contribution in [3.8, 4) is 0 Å². The van der Waals surface area contributed by atoms with Gasteiger partial charge in [-0.25, -0.2) is 0 Å². The molecular weight excluding hydrogens is 339 g/mol. The second-order valence-corrected chi connectivity index (χ2v) is 7.12. The molecule has 0 radical (unpaired) electrons. The fourth-order valence-corrected chi connectivity index (χ4v) is 4.29. The molecule has 0 bridgehead atoms. The van der Waals surface area contributed by atoms with Crippen LogP contribution in [0.2, 0.25) is 10.0 Å². The molecule has 1 heterocycles. The van der Waals surface area contributed by atoms with Crippen LogP contribution in [0.15, 0.2) is 24.3 Å². The molecule has 2 rings (SSSR count). The lowest BCUT2D eigenvalue weighted by Gasteiger charge is -2.12. The summed E-state index contributed by atoms with van der Waals surface area (Å²) >= 11 is 17.7. The minimum absolute atomic E-state index is 0.0960. The zero-order chi connectivity index (χ0) is 12.6. The molecule has 4 heteroatoms. The summed E-state index contributed by atoms with van der Waals surface area (Å²) in [6.07, 6.45) is 0. The Morgan fingerprint density at radius 3 is 2.41 bits per heavy atom. The largest absolute Gasteiger partial charge is 0.146 e. The van der Waals surface area contributed by atoms with E-state index in [0.29, 0.717) is 5.02 Å². The average molecular weight is 350 g/mol. The van der Waals surface area contributed by atoms with Gasteiger partial charge in [-0.3, -0.25) is 0 Å². The van der Waals surface area contributed by atoms with Crippen LogP contribution in [-0.4, -0.2) is 0 Å². The van der Waals surface area contributed by atoms with Crippen LogP contribution in [0.4, 0.5) is 0 Å². The molecule has 0 N–H and O–H groups in total. The molecule has 0 nitrogen and oxygen atoms in total. The third-order valence-corrected chi connectivity index (χ3v) is 5.13. The van der Waals surface area contributed by atoms with E-state index in [1.54, 1.807) is 17.4 Å². The second-order valence-electron chi connectivity index (χ2n) is 3.90. The first kappa shape index (κ1) is 13.4. The Labute approximate surface area is 124 Å². The fourth-order valence-electron chi connectivity index (χ4n) is 1.78. The van der Waals surface area contributed by atoms with Gasteiger partial charge in [0.1, 0.15) is 0 Å². The lowest BCUT2D eigenvalue weighted by atomic mass is 10.1. The summed E-state index contributed by atoms with van der Waals surface area (Å²) in [6.45, 7) is 4.24. The second kappa shape index (κ2) is 5.31. The van der Waals surface area contributed by atoms with Crippen LogP contribution in [0.3, 0.4) is 0 Å². The summed E-state index contributed by atoms with van der Waals surface area (Å²) in [6, 6.07) is 7.74. The summed E-state index contributed by atoms with van der Waals surface area (Å²) in [7, 11) is 0. The molecule has 1 unspecified atom stereocenters. The zero-order valence-corrected chi connectivity index (χ0v) is 13.3. The first-order chi connectivity index (χ1) is 7.99. The van der Waals surface area contributed by atoms with Gasteiger partial charge in [0.2, 0.25) is 0 Å². The average Bonchev–Trinajstić information content (AvgIpc) is 2.60. The third kappa shape index (κ3) is 2.87. The van der Waals surface area contributed by atoms with Crippen molar-refractivity contribution in [2.24, 2.45) is 0 Å². The number of thiophene rings is 1. The van der Waals surface area contributed by atoms with Crippen molar-refractivity contribution in [2.75, 3.05) is 0 Å². The number of hydrogen-bond donors (Lipinski definition) is 0. The highest BCUT2D eigenvalue weighted by Gasteiger charge is 2.17. The summed E-state index contributed by atoms with van der Waals surface area (Å²) in [5, 5.41) is 1.44. The van der Waals surface area contributed by atoms with Crippen molar-refractivity contribution >= 4 is 50.5 Å². The summed E-state index contributed by atoms with van der Waals surface area (Å²) in [4.78, 5) is 2.71. The van der Waals surface area contributed by atoms with Crippen molar-refractivity contribution in [2.45, 2.75) is 18.7 Å². The minimum Gasteiger partial charge on any atom is -0.146 e. The van der Waals surface area contributed by atoms with Crippen molar-refractivity contribution in [1.82, 2.24) is 0 Å². The molecule has 2 aromatic rings. The lowest BCUT2D eigenvalue weighted by Crippen LogP contribution is -1.94. The molecule has 0 saturated heterocycles. The van der Waals surface area contributed by atoms with Gasteiger partial charge >= 0.3 is 0 Å². The first-order valence-electron chi connectivity index (χ1n) is 5.15. The molecule has 90 valence electrons. The highest BCUT2D eigenvalue weighted by atomic mass is 79.9. The van der Waals surface area contributed by atoms with E-state index in [0.717, 1.165) is 10.6 Å². The maximum atomic E-state index is 6.21. The molecule has 0 aliphatic heterocycles. The Kier molecular flexibility index (Phi) is 4.19. The molecule has 17 heavy (non-hydrogen) atoms. The molecule has 1 aromatic carbocycles. The topological polar surface area (TPSA) is 0 Å². The number of hydrogen-bond acceptors (Lipinski definition) is 1. The summed E-state index contributed by atoms with van der Waals surface area (Å²) in [5.41, 5.74) is 2.27. The Morgan fingerprint density at radius 1 is 1.12 bits per heavy atom. The lowest BCUT2D eigenvalue weighted by molar-refractivity contribution is 1.17. The van der Waals surface area contributed by atoms with Gasteiger partial charge in [0.25, 0.3) is 0 Å². The van der Waals surface area contributed by atoms with E-state index in [2.05, 4.69) is 35.8 Å². The van der Waals surface area contributed by atoms with Crippen LogP contribution in [0, 0.1) is 13.8 Å². The van der Waals surface area contributed by atoms with Crippen LogP contribution in [-0.2, 0) is 0 Å². The van der Waals surface area contributed by atoms with Gasteiger partial charge in [0, 0.05) is 19.8 Å². The zero-order valence-electron chi connectivity index (χ0n) is 9.43. The molecule has 0 aliphatic carbocycles. The fraction of sp³-hybridized carbons (Fsp3) is 0.231. The van der Waals surface area contributed by atoms with Gasteiger partial charge in [0.15, 0.2) is 0 Å². The molecule has 0 spiro atoms. The summed E-state index contributed by atoms with van der Waals surface area (Å²) < 4.78 is 0. The van der Waals surface area contributed by atoms with Crippen molar-refractivity contribution in [3.63, 3.8) is 0 Å². The first-order valence-corrected chi connectivity index (χ1v) is 7.64.